The quantitative estimate of drug-likeness (QED) is 0.628. The van der Waals surface area contributed by atoms with Gasteiger partial charge in [-0.1, -0.05) is 36.8 Å². The van der Waals surface area contributed by atoms with Gasteiger partial charge in [0.25, 0.3) is 0 Å². The Balaban J connectivity index is 2.31. The van der Waals surface area contributed by atoms with Crippen molar-refractivity contribution in [2.75, 3.05) is 13.7 Å². The number of methoxy groups -OCH3 is 1. The largest absolute Gasteiger partial charge is 0.469 e. The number of esters is 1. The van der Waals surface area contributed by atoms with E-state index < -0.39 is 28.0 Å². The SMILES string of the molecule is COC(=O)[C@H](C)[C@H]1C=CCN1S(=O)(=O)c1ccc(C)cc1. The van der Waals surface area contributed by atoms with E-state index in [1.807, 2.05) is 6.92 Å². The molecule has 2 atom stereocenters. The molecule has 114 valence electrons. The molecule has 1 heterocycles. The first-order valence-electron chi connectivity index (χ1n) is 6.71. The Labute approximate surface area is 125 Å². The Morgan fingerprint density at radius 2 is 1.95 bits per heavy atom. The second-order valence-corrected chi connectivity index (χ2v) is 7.01. The molecule has 0 aromatic heterocycles. The van der Waals surface area contributed by atoms with Gasteiger partial charge >= 0.3 is 5.97 Å². The highest BCUT2D eigenvalue weighted by molar-refractivity contribution is 7.89. The molecule has 0 amide bonds. The molecule has 1 aromatic carbocycles. The van der Waals surface area contributed by atoms with Crippen molar-refractivity contribution in [2.45, 2.75) is 24.8 Å². The molecule has 6 heteroatoms. The maximum atomic E-state index is 12.7. The van der Waals surface area contributed by atoms with Crippen molar-refractivity contribution in [2.24, 2.45) is 5.92 Å². The lowest BCUT2D eigenvalue weighted by Gasteiger charge is -2.27. The first-order chi connectivity index (χ1) is 9.87. The Kier molecular flexibility index (Phi) is 4.49. The van der Waals surface area contributed by atoms with Crippen molar-refractivity contribution >= 4 is 16.0 Å². The number of sulfonamides is 1. The molecule has 0 saturated heterocycles. The van der Waals surface area contributed by atoms with Crippen LogP contribution in [0.3, 0.4) is 0 Å². The fourth-order valence-electron chi connectivity index (χ4n) is 2.37. The second kappa shape index (κ2) is 5.99. The van der Waals surface area contributed by atoms with Gasteiger partial charge in [0.15, 0.2) is 0 Å². The highest BCUT2D eigenvalue weighted by atomic mass is 32.2. The first kappa shape index (κ1) is 15.7. The van der Waals surface area contributed by atoms with Crippen molar-refractivity contribution in [3.05, 3.63) is 42.0 Å². The molecule has 0 bridgehead atoms. The zero-order valence-electron chi connectivity index (χ0n) is 12.3. The lowest BCUT2D eigenvalue weighted by atomic mass is 10.0. The summed E-state index contributed by atoms with van der Waals surface area (Å²) in [5.41, 5.74) is 0.993. The van der Waals surface area contributed by atoms with Gasteiger partial charge in [-0.2, -0.15) is 4.31 Å². The zero-order chi connectivity index (χ0) is 15.6. The number of ether oxygens (including phenoxy) is 1. The van der Waals surface area contributed by atoms with Crippen molar-refractivity contribution in [1.82, 2.24) is 4.31 Å². The Hall–Kier alpha value is -1.66. The van der Waals surface area contributed by atoms with Crippen LogP contribution >= 0.6 is 0 Å². The number of hydrogen-bond acceptors (Lipinski definition) is 4. The molecule has 0 saturated carbocycles. The molecule has 0 unspecified atom stereocenters. The van der Waals surface area contributed by atoms with E-state index in [1.165, 1.54) is 11.4 Å². The van der Waals surface area contributed by atoms with Gasteiger partial charge in [-0.3, -0.25) is 4.79 Å². The molecule has 0 N–H and O–H groups in total. The highest BCUT2D eigenvalue weighted by Crippen LogP contribution is 2.27. The Bertz CT molecular complexity index is 649. The van der Waals surface area contributed by atoms with E-state index in [0.717, 1.165) is 5.56 Å². The Morgan fingerprint density at radius 1 is 1.33 bits per heavy atom. The summed E-state index contributed by atoms with van der Waals surface area (Å²) < 4.78 is 31.5. The molecule has 2 rings (SSSR count). The number of benzene rings is 1. The molecular weight excluding hydrogens is 290 g/mol. The third kappa shape index (κ3) is 3.01. The van der Waals surface area contributed by atoms with Crippen LogP contribution in [0, 0.1) is 12.8 Å². The molecule has 21 heavy (non-hydrogen) atoms. The molecule has 0 aliphatic carbocycles. The topological polar surface area (TPSA) is 63.7 Å². The number of hydrogen-bond donors (Lipinski definition) is 0. The van der Waals surface area contributed by atoms with Crippen molar-refractivity contribution < 1.29 is 17.9 Å². The predicted octanol–water partition coefficient (Wildman–Crippen LogP) is 1.73. The fourth-order valence-corrected chi connectivity index (χ4v) is 3.97. The standard InChI is InChI=1S/C15H19NO4S/c1-11-6-8-13(9-7-11)21(18,19)16-10-4-5-14(16)12(2)15(17)20-3/h4-9,12,14H,10H2,1-3H3/t12-,14-/m1/s1. The van der Waals surface area contributed by atoms with E-state index in [0.29, 0.717) is 0 Å². The van der Waals surface area contributed by atoms with Crippen LogP contribution in [0.2, 0.25) is 0 Å². The maximum absolute atomic E-state index is 12.7. The van der Waals surface area contributed by atoms with Gasteiger partial charge in [-0.05, 0) is 19.1 Å². The first-order valence-corrected chi connectivity index (χ1v) is 8.15. The van der Waals surface area contributed by atoms with Crippen molar-refractivity contribution in [1.29, 1.82) is 0 Å². The summed E-state index contributed by atoms with van der Waals surface area (Å²) in [6, 6.07) is 6.18. The molecule has 1 aromatic rings. The third-order valence-electron chi connectivity index (χ3n) is 3.66. The average molecular weight is 309 g/mol. The second-order valence-electron chi connectivity index (χ2n) is 5.12. The van der Waals surface area contributed by atoms with E-state index in [1.54, 1.807) is 43.3 Å². The number of nitrogens with zero attached hydrogens (tertiary/aromatic N) is 1. The molecular formula is C15H19NO4S. The van der Waals surface area contributed by atoms with E-state index in [-0.39, 0.29) is 11.4 Å². The Morgan fingerprint density at radius 3 is 2.52 bits per heavy atom. The number of aryl methyl sites for hydroxylation is 1. The zero-order valence-corrected chi connectivity index (χ0v) is 13.1. The number of carbonyl (C=O) groups excluding carboxylic acids is 1. The minimum Gasteiger partial charge on any atom is -0.469 e. The summed E-state index contributed by atoms with van der Waals surface area (Å²) in [4.78, 5) is 11.9. The summed E-state index contributed by atoms with van der Waals surface area (Å²) in [7, 11) is -2.33. The van der Waals surface area contributed by atoms with Crippen LogP contribution in [0.5, 0.6) is 0 Å². The maximum Gasteiger partial charge on any atom is 0.310 e. The average Bonchev–Trinajstić information content (AvgIpc) is 2.96. The van der Waals surface area contributed by atoms with Crippen LogP contribution in [0.4, 0.5) is 0 Å². The highest BCUT2D eigenvalue weighted by Gasteiger charge is 2.38. The minimum absolute atomic E-state index is 0.235. The van der Waals surface area contributed by atoms with E-state index >= 15 is 0 Å². The van der Waals surface area contributed by atoms with Crippen LogP contribution < -0.4 is 0 Å². The molecule has 0 spiro atoms. The summed E-state index contributed by atoms with van der Waals surface area (Å²) in [5, 5.41) is 0. The third-order valence-corrected chi connectivity index (χ3v) is 5.54. The van der Waals surface area contributed by atoms with E-state index in [9.17, 15) is 13.2 Å². The van der Waals surface area contributed by atoms with Gasteiger partial charge in [0.1, 0.15) is 0 Å². The molecule has 1 aliphatic heterocycles. The minimum atomic E-state index is -3.63. The number of carbonyl (C=O) groups is 1. The van der Waals surface area contributed by atoms with Gasteiger partial charge in [0.05, 0.1) is 24.0 Å². The van der Waals surface area contributed by atoms with Crippen molar-refractivity contribution in [3.63, 3.8) is 0 Å². The van der Waals surface area contributed by atoms with Gasteiger partial charge < -0.3 is 4.74 Å². The fraction of sp³-hybridized carbons (Fsp3) is 0.400. The summed E-state index contributed by atoms with van der Waals surface area (Å²) in [6.07, 6.45) is 3.50. The predicted molar refractivity (Wildman–Crippen MR) is 79.2 cm³/mol. The lowest BCUT2D eigenvalue weighted by Crippen LogP contribution is -2.42. The van der Waals surface area contributed by atoms with Crippen LogP contribution in [0.25, 0.3) is 0 Å². The van der Waals surface area contributed by atoms with Crippen LogP contribution in [-0.2, 0) is 19.6 Å². The number of rotatable bonds is 4. The molecule has 5 nitrogen and oxygen atoms in total. The van der Waals surface area contributed by atoms with Crippen LogP contribution in [0.15, 0.2) is 41.3 Å². The van der Waals surface area contributed by atoms with Gasteiger partial charge in [0, 0.05) is 6.54 Å². The summed E-state index contributed by atoms with van der Waals surface area (Å²) in [6.45, 7) is 3.84. The smallest absolute Gasteiger partial charge is 0.310 e. The van der Waals surface area contributed by atoms with E-state index in [4.69, 9.17) is 4.74 Å². The molecule has 0 fully saturated rings. The normalized spacial score (nSPS) is 20.4. The van der Waals surface area contributed by atoms with Gasteiger partial charge in [-0.25, -0.2) is 8.42 Å². The lowest BCUT2D eigenvalue weighted by molar-refractivity contribution is -0.145. The van der Waals surface area contributed by atoms with Crippen LogP contribution in [0.1, 0.15) is 12.5 Å². The van der Waals surface area contributed by atoms with Crippen molar-refractivity contribution in [3.8, 4) is 0 Å². The van der Waals surface area contributed by atoms with Gasteiger partial charge in [0.2, 0.25) is 10.0 Å². The monoisotopic (exact) mass is 309 g/mol. The van der Waals surface area contributed by atoms with Gasteiger partial charge in [-0.15, -0.1) is 0 Å². The summed E-state index contributed by atoms with van der Waals surface area (Å²) in [5.74, 6) is -0.968. The molecule has 0 radical (unpaired) electrons. The van der Waals surface area contributed by atoms with Crippen LogP contribution in [-0.4, -0.2) is 38.4 Å². The molecule has 1 aliphatic rings. The van der Waals surface area contributed by atoms with E-state index in [2.05, 4.69) is 0 Å². The summed E-state index contributed by atoms with van der Waals surface area (Å²) >= 11 is 0.